The van der Waals surface area contributed by atoms with Crippen molar-refractivity contribution >= 4 is 17.5 Å². The molecule has 0 radical (unpaired) electrons. The molecule has 1 aliphatic carbocycles. The van der Waals surface area contributed by atoms with E-state index in [4.69, 9.17) is 0 Å². The summed E-state index contributed by atoms with van der Waals surface area (Å²) in [4.78, 5) is 36.9. The lowest BCUT2D eigenvalue weighted by Gasteiger charge is -2.17. The second kappa shape index (κ2) is 9.24. The van der Waals surface area contributed by atoms with E-state index in [1.54, 1.807) is 24.3 Å². The van der Waals surface area contributed by atoms with Crippen molar-refractivity contribution in [2.24, 2.45) is 0 Å². The van der Waals surface area contributed by atoms with Crippen LogP contribution in [0.15, 0.2) is 66.2 Å². The number of allylic oxidation sites excluding steroid dienone is 2. The van der Waals surface area contributed by atoms with Crippen LogP contribution in [-0.2, 0) is 11.2 Å². The van der Waals surface area contributed by atoms with Crippen molar-refractivity contribution in [1.82, 2.24) is 5.32 Å². The normalized spacial score (nSPS) is 14.2. The van der Waals surface area contributed by atoms with Gasteiger partial charge in [-0.25, -0.2) is 0 Å². The third-order valence-corrected chi connectivity index (χ3v) is 4.79. The summed E-state index contributed by atoms with van der Waals surface area (Å²) in [5, 5.41) is 12.3. The quantitative estimate of drug-likeness (QED) is 0.741. The topological polar surface area (TPSA) is 83.5 Å². The summed E-state index contributed by atoms with van der Waals surface area (Å²) in [5.41, 5.74) is 2.34. The summed E-state index contributed by atoms with van der Waals surface area (Å²) in [6.45, 7) is -0.143. The van der Waals surface area contributed by atoms with Gasteiger partial charge in [-0.1, -0.05) is 54.6 Å². The van der Waals surface area contributed by atoms with Gasteiger partial charge in [0.25, 0.3) is 0 Å². The Kier molecular flexibility index (Phi) is 6.50. The summed E-state index contributed by atoms with van der Waals surface area (Å²) < 4.78 is 0. The first-order valence-electron chi connectivity index (χ1n) is 9.41. The number of carbonyl (C=O) groups is 3. The number of carbonyl (C=O) groups excluding carboxylic acids is 3. The minimum Gasteiger partial charge on any atom is -0.394 e. The van der Waals surface area contributed by atoms with E-state index in [0.29, 0.717) is 36.0 Å². The van der Waals surface area contributed by atoms with Crippen molar-refractivity contribution in [3.63, 3.8) is 0 Å². The number of hydrogen-bond acceptors (Lipinski definition) is 4. The summed E-state index contributed by atoms with van der Waals surface area (Å²) in [5.74, 6) is -0.489. The van der Waals surface area contributed by atoms with Gasteiger partial charge in [-0.15, -0.1) is 0 Å². The lowest BCUT2D eigenvalue weighted by molar-refractivity contribution is -0.122. The Labute approximate surface area is 164 Å². The Hall–Kier alpha value is -3.05. The zero-order valence-corrected chi connectivity index (χ0v) is 15.6. The van der Waals surface area contributed by atoms with E-state index >= 15 is 0 Å². The first kappa shape index (κ1) is 19.7. The fourth-order valence-electron chi connectivity index (χ4n) is 3.36. The predicted octanol–water partition coefficient (Wildman–Crippen LogP) is 2.88. The zero-order valence-electron chi connectivity index (χ0n) is 15.6. The van der Waals surface area contributed by atoms with Gasteiger partial charge in [-0.3, -0.25) is 14.4 Å². The number of benzene rings is 2. The number of aliphatic hydroxyl groups excluding tert-OH is 1. The fraction of sp³-hybridized carbons (Fsp3) is 0.261. The molecule has 0 aliphatic heterocycles. The number of fused-ring (bicyclic) bond motifs is 1. The SMILES string of the molecule is O=C(CCCC1=CC(=O)c2ccccc2C1=O)N[C@H](CO)Cc1ccccc1. The summed E-state index contributed by atoms with van der Waals surface area (Å²) in [6.07, 6.45) is 3.00. The third kappa shape index (κ3) is 4.81. The molecule has 0 spiro atoms. The highest BCUT2D eigenvalue weighted by Gasteiger charge is 2.24. The van der Waals surface area contributed by atoms with Gasteiger partial charge in [0.15, 0.2) is 11.6 Å². The van der Waals surface area contributed by atoms with E-state index < -0.39 is 0 Å². The molecule has 0 saturated heterocycles. The molecule has 5 nitrogen and oxygen atoms in total. The van der Waals surface area contributed by atoms with Crippen LogP contribution in [0.1, 0.15) is 45.5 Å². The van der Waals surface area contributed by atoms with Gasteiger partial charge in [-0.2, -0.15) is 0 Å². The van der Waals surface area contributed by atoms with Gasteiger partial charge in [0.1, 0.15) is 0 Å². The van der Waals surface area contributed by atoms with Crippen LogP contribution in [0.5, 0.6) is 0 Å². The number of amides is 1. The average Bonchev–Trinajstić information content (AvgIpc) is 2.72. The first-order valence-corrected chi connectivity index (χ1v) is 9.41. The van der Waals surface area contributed by atoms with Crippen LogP contribution < -0.4 is 5.32 Å². The number of rotatable bonds is 8. The number of aliphatic hydroxyl groups is 1. The van der Waals surface area contributed by atoms with E-state index in [9.17, 15) is 19.5 Å². The van der Waals surface area contributed by atoms with Gasteiger partial charge >= 0.3 is 0 Å². The van der Waals surface area contributed by atoms with Crippen LogP contribution in [0.4, 0.5) is 0 Å². The van der Waals surface area contributed by atoms with E-state index in [1.165, 1.54) is 6.08 Å². The monoisotopic (exact) mass is 377 g/mol. The fourth-order valence-corrected chi connectivity index (χ4v) is 3.36. The highest BCUT2D eigenvalue weighted by atomic mass is 16.3. The van der Waals surface area contributed by atoms with Crippen molar-refractivity contribution in [1.29, 1.82) is 0 Å². The number of Topliss-reactive ketones (excluding diaryl/α,β-unsaturated/α-hetero) is 1. The smallest absolute Gasteiger partial charge is 0.220 e. The number of hydrogen-bond donors (Lipinski definition) is 2. The molecule has 1 atom stereocenters. The van der Waals surface area contributed by atoms with Crippen molar-refractivity contribution in [3.05, 3.63) is 82.9 Å². The first-order chi connectivity index (χ1) is 13.6. The second-order valence-electron chi connectivity index (χ2n) is 6.90. The minimum absolute atomic E-state index is 0.143. The third-order valence-electron chi connectivity index (χ3n) is 4.79. The molecule has 0 saturated carbocycles. The number of nitrogens with one attached hydrogen (secondary N) is 1. The molecular weight excluding hydrogens is 354 g/mol. The Bertz CT molecular complexity index is 902. The van der Waals surface area contributed by atoms with Crippen LogP contribution in [0.2, 0.25) is 0 Å². The molecule has 0 fully saturated rings. The van der Waals surface area contributed by atoms with Gasteiger partial charge in [0.05, 0.1) is 12.6 Å². The van der Waals surface area contributed by atoms with Crippen LogP contribution in [0, 0.1) is 0 Å². The highest BCUT2D eigenvalue weighted by Crippen LogP contribution is 2.24. The largest absolute Gasteiger partial charge is 0.394 e. The van der Waals surface area contributed by atoms with Crippen molar-refractivity contribution in [2.75, 3.05) is 6.61 Å². The predicted molar refractivity (Wildman–Crippen MR) is 106 cm³/mol. The average molecular weight is 377 g/mol. The zero-order chi connectivity index (χ0) is 19.9. The molecule has 2 aromatic carbocycles. The maximum atomic E-state index is 12.5. The van der Waals surface area contributed by atoms with Gasteiger partial charge in [0, 0.05) is 23.1 Å². The standard InChI is InChI=1S/C23H23NO4/c25-15-18(13-16-7-2-1-3-8-16)24-22(27)12-6-9-17-14-21(26)19-10-4-5-11-20(19)23(17)28/h1-5,7-8,10-11,14,18,25H,6,9,12-13,15H2,(H,24,27)/t18-/m0/s1. The van der Waals surface area contributed by atoms with E-state index in [2.05, 4.69) is 5.32 Å². The maximum absolute atomic E-state index is 12.5. The Morgan fingerprint density at radius 1 is 0.964 bits per heavy atom. The maximum Gasteiger partial charge on any atom is 0.220 e. The van der Waals surface area contributed by atoms with Crippen LogP contribution in [0.3, 0.4) is 0 Å². The molecule has 144 valence electrons. The van der Waals surface area contributed by atoms with Gasteiger partial charge in [0.2, 0.25) is 5.91 Å². The molecule has 0 aromatic heterocycles. The lowest BCUT2D eigenvalue weighted by atomic mass is 9.87. The van der Waals surface area contributed by atoms with Gasteiger partial charge < -0.3 is 10.4 Å². The van der Waals surface area contributed by atoms with Crippen LogP contribution in [0.25, 0.3) is 0 Å². The number of ketones is 2. The molecule has 1 amide bonds. The van der Waals surface area contributed by atoms with E-state index in [1.807, 2.05) is 30.3 Å². The molecule has 0 unspecified atom stereocenters. The Morgan fingerprint density at radius 2 is 1.64 bits per heavy atom. The molecule has 2 N–H and O–H groups in total. The lowest BCUT2D eigenvalue weighted by Crippen LogP contribution is -2.39. The second-order valence-corrected chi connectivity index (χ2v) is 6.90. The molecule has 0 heterocycles. The van der Waals surface area contributed by atoms with E-state index in [-0.39, 0.29) is 36.5 Å². The molecule has 2 aromatic rings. The van der Waals surface area contributed by atoms with Crippen LogP contribution in [-0.4, -0.2) is 35.2 Å². The summed E-state index contributed by atoms with van der Waals surface area (Å²) in [6, 6.07) is 16.1. The molecule has 5 heteroatoms. The van der Waals surface area contributed by atoms with E-state index in [0.717, 1.165) is 5.56 Å². The molecule has 28 heavy (non-hydrogen) atoms. The van der Waals surface area contributed by atoms with Gasteiger partial charge in [-0.05, 0) is 30.9 Å². The van der Waals surface area contributed by atoms with Crippen molar-refractivity contribution in [2.45, 2.75) is 31.7 Å². The molecular formula is C23H23NO4. The highest BCUT2D eigenvalue weighted by molar-refractivity contribution is 6.24. The molecule has 0 bridgehead atoms. The Balaban J connectivity index is 1.50. The van der Waals surface area contributed by atoms with Crippen molar-refractivity contribution in [3.8, 4) is 0 Å². The molecule has 1 aliphatic rings. The van der Waals surface area contributed by atoms with Crippen molar-refractivity contribution < 1.29 is 19.5 Å². The minimum atomic E-state index is -0.348. The Morgan fingerprint density at radius 3 is 2.36 bits per heavy atom. The van der Waals surface area contributed by atoms with Crippen LogP contribution >= 0.6 is 0 Å². The molecule has 3 rings (SSSR count). The summed E-state index contributed by atoms with van der Waals surface area (Å²) >= 11 is 0. The summed E-state index contributed by atoms with van der Waals surface area (Å²) in [7, 11) is 0.